The number of ether oxygens (including phenoxy) is 2. The van der Waals surface area contributed by atoms with Crippen LogP contribution in [-0.2, 0) is 0 Å². The van der Waals surface area contributed by atoms with Crippen molar-refractivity contribution >= 4 is 5.91 Å². The third kappa shape index (κ3) is 2.38. The first-order valence-corrected chi connectivity index (χ1v) is 6.67. The largest absolute Gasteiger partial charge is 0.486 e. The fourth-order valence-electron chi connectivity index (χ4n) is 2.48. The van der Waals surface area contributed by atoms with E-state index in [-0.39, 0.29) is 11.9 Å². The van der Waals surface area contributed by atoms with Crippen molar-refractivity contribution in [2.45, 2.75) is 13.0 Å². The van der Waals surface area contributed by atoms with Crippen molar-refractivity contribution in [2.24, 2.45) is 0 Å². The van der Waals surface area contributed by atoms with Crippen LogP contribution in [0.4, 0.5) is 0 Å². The smallest absolute Gasteiger partial charge is 0.254 e. The number of fused-ring (bicyclic) bond motifs is 1. The monoisotopic (exact) mass is 262 g/mol. The summed E-state index contributed by atoms with van der Waals surface area (Å²) in [6, 6.07) is 5.62. The highest BCUT2D eigenvalue weighted by Crippen LogP contribution is 2.31. The molecule has 3 rings (SSSR count). The lowest BCUT2D eigenvalue weighted by molar-refractivity contribution is 0.0654. The minimum atomic E-state index is 0.0611. The van der Waals surface area contributed by atoms with E-state index >= 15 is 0 Å². The zero-order valence-electron chi connectivity index (χ0n) is 11.0. The minimum absolute atomic E-state index is 0.0611. The lowest BCUT2D eigenvalue weighted by atomic mass is 10.1. The van der Waals surface area contributed by atoms with Gasteiger partial charge in [-0.2, -0.15) is 0 Å². The minimum Gasteiger partial charge on any atom is -0.486 e. The van der Waals surface area contributed by atoms with Gasteiger partial charge in [-0.15, -0.1) is 0 Å². The average Bonchev–Trinajstić information content (AvgIpc) is 2.46. The normalized spacial score (nSPS) is 22.2. The van der Waals surface area contributed by atoms with Crippen LogP contribution in [0.1, 0.15) is 17.3 Å². The van der Waals surface area contributed by atoms with Crippen molar-refractivity contribution in [3.8, 4) is 11.5 Å². The number of amides is 1. The molecule has 1 aromatic rings. The van der Waals surface area contributed by atoms with Crippen LogP contribution in [0.15, 0.2) is 18.2 Å². The fraction of sp³-hybridized carbons (Fsp3) is 0.500. The lowest BCUT2D eigenvalue weighted by Gasteiger charge is -2.34. The summed E-state index contributed by atoms with van der Waals surface area (Å²) in [4.78, 5) is 14.4. The summed E-state index contributed by atoms with van der Waals surface area (Å²) in [5.74, 6) is 1.45. The van der Waals surface area contributed by atoms with Gasteiger partial charge in [0.15, 0.2) is 11.5 Å². The van der Waals surface area contributed by atoms with Crippen LogP contribution in [0.25, 0.3) is 0 Å². The van der Waals surface area contributed by atoms with Crippen molar-refractivity contribution in [1.82, 2.24) is 10.2 Å². The highest BCUT2D eigenvalue weighted by molar-refractivity contribution is 5.95. The summed E-state index contributed by atoms with van der Waals surface area (Å²) in [5.41, 5.74) is 0.665. The molecule has 1 N–H and O–H groups in total. The fourth-order valence-corrected chi connectivity index (χ4v) is 2.48. The van der Waals surface area contributed by atoms with E-state index in [4.69, 9.17) is 9.47 Å². The second kappa shape index (κ2) is 5.09. The van der Waals surface area contributed by atoms with E-state index in [0.29, 0.717) is 24.5 Å². The number of benzene rings is 1. The molecule has 2 aliphatic heterocycles. The maximum absolute atomic E-state index is 12.5. The van der Waals surface area contributed by atoms with Gasteiger partial charge in [0.2, 0.25) is 0 Å². The number of hydrogen-bond acceptors (Lipinski definition) is 4. The van der Waals surface area contributed by atoms with E-state index in [1.165, 1.54) is 0 Å². The van der Waals surface area contributed by atoms with Gasteiger partial charge >= 0.3 is 0 Å². The predicted octanol–water partition coefficient (Wildman–Crippen LogP) is 0.892. The first kappa shape index (κ1) is 12.3. The second-order valence-corrected chi connectivity index (χ2v) is 4.91. The number of nitrogens with one attached hydrogen (secondary N) is 1. The first-order chi connectivity index (χ1) is 9.25. The molecule has 1 fully saturated rings. The highest BCUT2D eigenvalue weighted by Gasteiger charge is 2.25. The van der Waals surface area contributed by atoms with Gasteiger partial charge in [-0.05, 0) is 25.1 Å². The molecule has 1 atom stereocenters. The quantitative estimate of drug-likeness (QED) is 0.816. The number of hydrogen-bond donors (Lipinski definition) is 1. The third-order valence-corrected chi connectivity index (χ3v) is 3.55. The Labute approximate surface area is 112 Å². The molecule has 0 aliphatic carbocycles. The van der Waals surface area contributed by atoms with Crippen molar-refractivity contribution < 1.29 is 14.3 Å². The lowest BCUT2D eigenvalue weighted by Crippen LogP contribution is -2.52. The van der Waals surface area contributed by atoms with Gasteiger partial charge in [0.1, 0.15) is 13.2 Å². The molecule has 2 aliphatic rings. The molecule has 5 nitrogen and oxygen atoms in total. The molecule has 1 amide bonds. The van der Waals surface area contributed by atoms with E-state index in [1.54, 1.807) is 6.07 Å². The van der Waals surface area contributed by atoms with Crippen LogP contribution in [-0.4, -0.2) is 49.7 Å². The zero-order valence-corrected chi connectivity index (χ0v) is 11.0. The van der Waals surface area contributed by atoms with Crippen molar-refractivity contribution in [1.29, 1.82) is 0 Å². The van der Waals surface area contributed by atoms with E-state index in [2.05, 4.69) is 12.2 Å². The summed E-state index contributed by atoms with van der Waals surface area (Å²) in [6.45, 7) is 5.59. The van der Waals surface area contributed by atoms with Crippen LogP contribution < -0.4 is 14.8 Å². The molecule has 5 heteroatoms. The van der Waals surface area contributed by atoms with Gasteiger partial charge in [0.05, 0.1) is 0 Å². The molecule has 0 bridgehead atoms. The Morgan fingerprint density at radius 2 is 2.11 bits per heavy atom. The molecule has 0 radical (unpaired) electrons. The maximum Gasteiger partial charge on any atom is 0.254 e. The van der Waals surface area contributed by atoms with Gasteiger partial charge in [0.25, 0.3) is 5.91 Å². The molecule has 2 heterocycles. The van der Waals surface area contributed by atoms with E-state index in [1.807, 2.05) is 17.0 Å². The van der Waals surface area contributed by atoms with Crippen LogP contribution >= 0.6 is 0 Å². The number of carbonyl (C=O) groups is 1. The van der Waals surface area contributed by atoms with Crippen LogP contribution in [0.5, 0.6) is 11.5 Å². The van der Waals surface area contributed by atoms with Crippen molar-refractivity contribution in [3.05, 3.63) is 23.8 Å². The van der Waals surface area contributed by atoms with Crippen molar-refractivity contribution in [3.63, 3.8) is 0 Å². The zero-order chi connectivity index (χ0) is 13.2. The number of carbonyl (C=O) groups excluding carboxylic acids is 1. The SMILES string of the molecule is CC1CNCCN1C(=O)c1ccc2c(c1)OCCO2. The molecule has 1 aromatic carbocycles. The van der Waals surface area contributed by atoms with Crippen LogP contribution in [0.2, 0.25) is 0 Å². The van der Waals surface area contributed by atoms with Gasteiger partial charge in [-0.1, -0.05) is 0 Å². The topological polar surface area (TPSA) is 50.8 Å². The molecule has 102 valence electrons. The summed E-state index contributed by atoms with van der Waals surface area (Å²) < 4.78 is 11.0. The van der Waals surface area contributed by atoms with E-state index in [0.717, 1.165) is 25.4 Å². The maximum atomic E-state index is 12.5. The Bertz CT molecular complexity index is 490. The molecule has 1 unspecified atom stereocenters. The Morgan fingerprint density at radius 1 is 1.32 bits per heavy atom. The van der Waals surface area contributed by atoms with E-state index < -0.39 is 0 Å². The molecule has 0 spiro atoms. The predicted molar refractivity (Wildman–Crippen MR) is 70.8 cm³/mol. The standard InChI is InChI=1S/C14H18N2O3/c1-10-9-15-4-5-16(10)14(17)11-2-3-12-13(8-11)19-7-6-18-12/h2-3,8,10,15H,4-7,9H2,1H3. The Balaban J connectivity index is 1.83. The molecular formula is C14H18N2O3. The highest BCUT2D eigenvalue weighted by atomic mass is 16.6. The van der Waals surface area contributed by atoms with Gasteiger partial charge in [0, 0.05) is 31.2 Å². The second-order valence-electron chi connectivity index (χ2n) is 4.91. The molecule has 19 heavy (non-hydrogen) atoms. The number of nitrogens with zero attached hydrogens (tertiary/aromatic N) is 1. The average molecular weight is 262 g/mol. The van der Waals surface area contributed by atoms with Crippen LogP contribution in [0, 0.1) is 0 Å². The molecular weight excluding hydrogens is 244 g/mol. The van der Waals surface area contributed by atoms with Crippen LogP contribution in [0.3, 0.4) is 0 Å². The summed E-state index contributed by atoms with van der Waals surface area (Å²) >= 11 is 0. The number of piperazine rings is 1. The molecule has 1 saturated heterocycles. The number of rotatable bonds is 1. The Hall–Kier alpha value is -1.75. The molecule has 0 saturated carbocycles. The summed E-state index contributed by atoms with van der Waals surface area (Å²) in [5, 5.41) is 3.28. The van der Waals surface area contributed by atoms with Crippen molar-refractivity contribution in [2.75, 3.05) is 32.8 Å². The summed E-state index contributed by atoms with van der Waals surface area (Å²) in [6.07, 6.45) is 0. The van der Waals surface area contributed by atoms with Gasteiger partial charge in [-0.3, -0.25) is 4.79 Å². The summed E-state index contributed by atoms with van der Waals surface area (Å²) in [7, 11) is 0. The third-order valence-electron chi connectivity index (χ3n) is 3.55. The van der Waals surface area contributed by atoms with Gasteiger partial charge < -0.3 is 19.7 Å². The van der Waals surface area contributed by atoms with Gasteiger partial charge in [-0.25, -0.2) is 0 Å². The first-order valence-electron chi connectivity index (χ1n) is 6.67. The molecule has 0 aromatic heterocycles. The van der Waals surface area contributed by atoms with E-state index in [9.17, 15) is 4.79 Å². The Kier molecular flexibility index (Phi) is 3.29. The Morgan fingerprint density at radius 3 is 2.89 bits per heavy atom.